The highest BCUT2D eigenvalue weighted by Crippen LogP contribution is 2.12. The molecule has 68 valence electrons. The standard InChI is InChI=1S/C10H17NO/c1-3-4-6-11-10-5-7-12-9(2)8-10/h9-11H,5-8H2,1-2H3. The van der Waals surface area contributed by atoms with Gasteiger partial charge in [-0.25, -0.2) is 0 Å². The van der Waals surface area contributed by atoms with E-state index in [1.54, 1.807) is 0 Å². The minimum Gasteiger partial charge on any atom is -0.378 e. The van der Waals surface area contributed by atoms with Gasteiger partial charge in [-0.05, 0) is 26.7 Å². The van der Waals surface area contributed by atoms with Crippen molar-refractivity contribution in [1.82, 2.24) is 5.32 Å². The van der Waals surface area contributed by atoms with Crippen molar-refractivity contribution < 1.29 is 4.74 Å². The molecule has 0 radical (unpaired) electrons. The van der Waals surface area contributed by atoms with Gasteiger partial charge >= 0.3 is 0 Å². The van der Waals surface area contributed by atoms with E-state index in [-0.39, 0.29) is 0 Å². The Kier molecular flexibility index (Phi) is 4.13. The molecule has 2 heteroatoms. The first-order valence-corrected chi connectivity index (χ1v) is 4.57. The zero-order valence-corrected chi connectivity index (χ0v) is 7.89. The minimum absolute atomic E-state index is 0.408. The third-order valence-corrected chi connectivity index (χ3v) is 2.14. The summed E-state index contributed by atoms with van der Waals surface area (Å²) in [6.07, 6.45) is 2.65. The highest BCUT2D eigenvalue weighted by atomic mass is 16.5. The largest absolute Gasteiger partial charge is 0.378 e. The minimum atomic E-state index is 0.408. The maximum Gasteiger partial charge on any atom is 0.0578 e. The molecular weight excluding hydrogens is 150 g/mol. The first-order valence-electron chi connectivity index (χ1n) is 4.57. The molecule has 0 aromatic heterocycles. The van der Waals surface area contributed by atoms with Crippen LogP contribution in [0.3, 0.4) is 0 Å². The zero-order chi connectivity index (χ0) is 8.81. The molecule has 0 aromatic rings. The Hall–Kier alpha value is -0.520. The van der Waals surface area contributed by atoms with Gasteiger partial charge in [-0.15, -0.1) is 5.92 Å². The van der Waals surface area contributed by atoms with Crippen LogP contribution in [0.2, 0.25) is 0 Å². The van der Waals surface area contributed by atoms with Crippen LogP contribution in [-0.2, 0) is 4.74 Å². The first kappa shape index (κ1) is 9.57. The molecule has 1 aliphatic heterocycles. The van der Waals surface area contributed by atoms with Crippen molar-refractivity contribution >= 4 is 0 Å². The van der Waals surface area contributed by atoms with E-state index in [2.05, 4.69) is 24.1 Å². The van der Waals surface area contributed by atoms with Gasteiger partial charge in [0.25, 0.3) is 0 Å². The highest BCUT2D eigenvalue weighted by Gasteiger charge is 2.17. The Bertz CT molecular complexity index is 180. The van der Waals surface area contributed by atoms with Gasteiger partial charge in [0.15, 0.2) is 0 Å². The second-order valence-electron chi connectivity index (χ2n) is 3.21. The van der Waals surface area contributed by atoms with Crippen molar-refractivity contribution in [1.29, 1.82) is 0 Å². The third-order valence-electron chi connectivity index (χ3n) is 2.14. The average molecular weight is 167 g/mol. The number of nitrogens with one attached hydrogen (secondary N) is 1. The van der Waals surface area contributed by atoms with Crippen LogP contribution in [0.5, 0.6) is 0 Å². The molecule has 1 heterocycles. The Morgan fingerprint density at radius 2 is 2.42 bits per heavy atom. The molecule has 0 bridgehead atoms. The molecular formula is C10H17NO. The predicted molar refractivity (Wildman–Crippen MR) is 49.9 cm³/mol. The van der Waals surface area contributed by atoms with Crippen molar-refractivity contribution in [2.75, 3.05) is 13.2 Å². The van der Waals surface area contributed by atoms with E-state index >= 15 is 0 Å². The molecule has 1 aliphatic rings. The molecule has 0 aromatic carbocycles. The van der Waals surface area contributed by atoms with Crippen molar-refractivity contribution in [3.8, 4) is 11.8 Å². The summed E-state index contributed by atoms with van der Waals surface area (Å²) in [5.41, 5.74) is 0. The molecule has 0 aliphatic carbocycles. The van der Waals surface area contributed by atoms with Gasteiger partial charge in [0.1, 0.15) is 0 Å². The summed E-state index contributed by atoms with van der Waals surface area (Å²) >= 11 is 0. The van der Waals surface area contributed by atoms with Crippen LogP contribution in [0.15, 0.2) is 0 Å². The second kappa shape index (κ2) is 5.18. The van der Waals surface area contributed by atoms with Crippen LogP contribution in [-0.4, -0.2) is 25.3 Å². The van der Waals surface area contributed by atoms with Crippen LogP contribution in [0.25, 0.3) is 0 Å². The lowest BCUT2D eigenvalue weighted by Gasteiger charge is -2.27. The van der Waals surface area contributed by atoms with E-state index < -0.39 is 0 Å². The van der Waals surface area contributed by atoms with Crippen LogP contribution in [0, 0.1) is 11.8 Å². The quantitative estimate of drug-likeness (QED) is 0.623. The van der Waals surface area contributed by atoms with E-state index in [9.17, 15) is 0 Å². The first-order chi connectivity index (χ1) is 5.83. The topological polar surface area (TPSA) is 21.3 Å². The fourth-order valence-corrected chi connectivity index (χ4v) is 1.47. The Balaban J connectivity index is 2.17. The molecule has 1 N–H and O–H groups in total. The third kappa shape index (κ3) is 3.25. The normalized spacial score (nSPS) is 29.2. The van der Waals surface area contributed by atoms with Crippen LogP contribution in [0.1, 0.15) is 26.7 Å². The molecule has 2 nitrogen and oxygen atoms in total. The van der Waals surface area contributed by atoms with E-state index in [1.165, 1.54) is 0 Å². The Morgan fingerprint density at radius 1 is 1.58 bits per heavy atom. The van der Waals surface area contributed by atoms with Gasteiger partial charge in [0, 0.05) is 12.6 Å². The lowest BCUT2D eigenvalue weighted by Crippen LogP contribution is -2.38. The summed E-state index contributed by atoms with van der Waals surface area (Å²) in [5, 5.41) is 3.40. The van der Waals surface area contributed by atoms with Crippen molar-refractivity contribution in [2.45, 2.75) is 38.8 Å². The SMILES string of the molecule is CC#CCNC1CCOC(C)C1. The molecule has 0 saturated carbocycles. The molecule has 1 fully saturated rings. The maximum absolute atomic E-state index is 5.44. The molecule has 2 atom stereocenters. The molecule has 1 saturated heterocycles. The predicted octanol–water partition coefficient (Wildman–Crippen LogP) is 1.17. The van der Waals surface area contributed by atoms with Gasteiger partial charge < -0.3 is 10.1 Å². The van der Waals surface area contributed by atoms with Gasteiger partial charge in [-0.2, -0.15) is 0 Å². The highest BCUT2D eigenvalue weighted by molar-refractivity contribution is 4.97. The van der Waals surface area contributed by atoms with E-state index in [0.717, 1.165) is 26.0 Å². The number of hydrogen-bond acceptors (Lipinski definition) is 2. The number of ether oxygens (including phenoxy) is 1. The van der Waals surface area contributed by atoms with Crippen molar-refractivity contribution in [3.05, 3.63) is 0 Å². The van der Waals surface area contributed by atoms with Crippen LogP contribution >= 0.6 is 0 Å². The van der Waals surface area contributed by atoms with Crippen LogP contribution in [0.4, 0.5) is 0 Å². The van der Waals surface area contributed by atoms with E-state index in [0.29, 0.717) is 12.1 Å². The summed E-state index contributed by atoms with van der Waals surface area (Å²) in [6.45, 7) is 5.69. The van der Waals surface area contributed by atoms with Gasteiger partial charge in [0.2, 0.25) is 0 Å². The van der Waals surface area contributed by atoms with E-state index in [1.807, 2.05) is 6.92 Å². The molecule has 1 rings (SSSR count). The summed E-state index contributed by atoms with van der Waals surface area (Å²) in [6, 6.07) is 0.606. The summed E-state index contributed by atoms with van der Waals surface area (Å²) in [5.74, 6) is 5.88. The second-order valence-corrected chi connectivity index (χ2v) is 3.21. The summed E-state index contributed by atoms with van der Waals surface area (Å²) in [7, 11) is 0. The lowest BCUT2D eigenvalue weighted by atomic mass is 10.0. The Morgan fingerprint density at radius 3 is 3.08 bits per heavy atom. The van der Waals surface area contributed by atoms with Gasteiger partial charge in [-0.3, -0.25) is 0 Å². The van der Waals surface area contributed by atoms with Gasteiger partial charge in [-0.1, -0.05) is 5.92 Å². The summed E-state index contributed by atoms with van der Waals surface area (Å²) in [4.78, 5) is 0. The monoisotopic (exact) mass is 167 g/mol. The number of rotatable bonds is 2. The Labute approximate surface area is 74.7 Å². The maximum atomic E-state index is 5.44. The summed E-state index contributed by atoms with van der Waals surface area (Å²) < 4.78 is 5.44. The van der Waals surface area contributed by atoms with E-state index in [4.69, 9.17) is 4.74 Å². The molecule has 0 spiro atoms. The number of hydrogen-bond donors (Lipinski definition) is 1. The molecule has 0 amide bonds. The molecule has 2 unspecified atom stereocenters. The van der Waals surface area contributed by atoms with Crippen molar-refractivity contribution in [3.63, 3.8) is 0 Å². The smallest absolute Gasteiger partial charge is 0.0578 e. The fourth-order valence-electron chi connectivity index (χ4n) is 1.47. The van der Waals surface area contributed by atoms with Gasteiger partial charge in [0.05, 0.1) is 12.6 Å². The molecule has 12 heavy (non-hydrogen) atoms. The zero-order valence-electron chi connectivity index (χ0n) is 7.89. The van der Waals surface area contributed by atoms with Crippen molar-refractivity contribution in [2.24, 2.45) is 0 Å². The fraction of sp³-hybridized carbons (Fsp3) is 0.800. The van der Waals surface area contributed by atoms with Crippen LogP contribution < -0.4 is 5.32 Å². The lowest BCUT2D eigenvalue weighted by molar-refractivity contribution is 0.0141. The average Bonchev–Trinajstić information content (AvgIpc) is 2.05.